The highest BCUT2D eigenvalue weighted by Crippen LogP contribution is 2.21. The van der Waals surface area contributed by atoms with Crippen molar-refractivity contribution in [2.24, 2.45) is 0 Å². The summed E-state index contributed by atoms with van der Waals surface area (Å²) in [5.41, 5.74) is 0.156. The maximum atomic E-state index is 11.8. The standard InChI is InChI=1S/C14H21N3O2/c1-17(12-4-2-3-5-12)9-8-16-14(19)11-6-7-15-13(18)10-11/h6-7,10,12H,2-5,8-9H2,1H3,(H,15,18)(H,16,19). The monoisotopic (exact) mass is 263 g/mol. The Kier molecular flexibility index (Phi) is 4.74. The van der Waals surface area contributed by atoms with Crippen molar-refractivity contribution in [3.63, 3.8) is 0 Å². The number of carbonyl (C=O) groups is 1. The van der Waals surface area contributed by atoms with Crippen LogP contribution in [-0.4, -0.2) is 42.0 Å². The number of hydrogen-bond donors (Lipinski definition) is 2. The van der Waals surface area contributed by atoms with Crippen molar-refractivity contribution in [1.82, 2.24) is 15.2 Å². The lowest BCUT2D eigenvalue weighted by Crippen LogP contribution is -2.37. The first-order valence-corrected chi connectivity index (χ1v) is 6.84. The number of amides is 1. The molecule has 0 atom stereocenters. The molecule has 0 saturated heterocycles. The van der Waals surface area contributed by atoms with Gasteiger partial charge in [-0.15, -0.1) is 0 Å². The van der Waals surface area contributed by atoms with E-state index in [0.29, 0.717) is 18.2 Å². The van der Waals surface area contributed by atoms with Gasteiger partial charge in [-0.2, -0.15) is 0 Å². The van der Waals surface area contributed by atoms with Crippen molar-refractivity contribution in [2.45, 2.75) is 31.7 Å². The van der Waals surface area contributed by atoms with E-state index in [2.05, 4.69) is 22.2 Å². The fourth-order valence-corrected chi connectivity index (χ4v) is 2.56. The third kappa shape index (κ3) is 3.92. The van der Waals surface area contributed by atoms with E-state index in [0.717, 1.165) is 6.54 Å². The molecule has 5 heteroatoms. The second-order valence-electron chi connectivity index (χ2n) is 5.12. The summed E-state index contributed by atoms with van der Waals surface area (Å²) >= 11 is 0. The zero-order valence-electron chi connectivity index (χ0n) is 11.3. The Hall–Kier alpha value is -1.62. The molecule has 0 aliphatic heterocycles. The van der Waals surface area contributed by atoms with Crippen LogP contribution in [0.15, 0.2) is 23.1 Å². The molecule has 1 aromatic heterocycles. The van der Waals surface area contributed by atoms with E-state index in [4.69, 9.17) is 0 Å². The molecule has 19 heavy (non-hydrogen) atoms. The van der Waals surface area contributed by atoms with Crippen LogP contribution in [0, 0.1) is 0 Å². The molecule has 1 heterocycles. The van der Waals surface area contributed by atoms with E-state index >= 15 is 0 Å². The van der Waals surface area contributed by atoms with Crippen molar-refractivity contribution < 1.29 is 4.79 Å². The summed E-state index contributed by atoms with van der Waals surface area (Å²) in [5.74, 6) is -0.189. The molecule has 1 aliphatic carbocycles. The number of aromatic nitrogens is 1. The van der Waals surface area contributed by atoms with Crippen LogP contribution in [0.4, 0.5) is 0 Å². The first-order valence-electron chi connectivity index (χ1n) is 6.84. The fourth-order valence-electron chi connectivity index (χ4n) is 2.56. The maximum absolute atomic E-state index is 11.8. The van der Waals surface area contributed by atoms with Crippen molar-refractivity contribution in [2.75, 3.05) is 20.1 Å². The lowest BCUT2D eigenvalue weighted by Gasteiger charge is -2.23. The molecule has 104 valence electrons. The Balaban J connectivity index is 1.76. The van der Waals surface area contributed by atoms with Crippen LogP contribution in [-0.2, 0) is 0 Å². The number of H-pyrrole nitrogens is 1. The van der Waals surface area contributed by atoms with Gasteiger partial charge in [0.2, 0.25) is 5.56 Å². The number of nitrogens with zero attached hydrogens (tertiary/aromatic N) is 1. The lowest BCUT2D eigenvalue weighted by atomic mass is 10.2. The number of hydrogen-bond acceptors (Lipinski definition) is 3. The van der Waals surface area contributed by atoms with E-state index in [9.17, 15) is 9.59 Å². The summed E-state index contributed by atoms with van der Waals surface area (Å²) in [6.07, 6.45) is 6.64. The van der Waals surface area contributed by atoms with Crippen LogP contribution in [0.5, 0.6) is 0 Å². The van der Waals surface area contributed by atoms with Crippen LogP contribution < -0.4 is 10.9 Å². The van der Waals surface area contributed by atoms with Gasteiger partial charge in [0.05, 0.1) is 0 Å². The molecule has 0 spiro atoms. The summed E-state index contributed by atoms with van der Waals surface area (Å²) in [6.45, 7) is 1.46. The number of nitrogens with one attached hydrogen (secondary N) is 2. The molecule has 0 unspecified atom stereocenters. The number of rotatable bonds is 5. The third-order valence-corrected chi connectivity index (χ3v) is 3.74. The molecule has 0 aromatic carbocycles. The van der Waals surface area contributed by atoms with Crippen molar-refractivity contribution >= 4 is 5.91 Å². The molecule has 2 rings (SSSR count). The Morgan fingerprint density at radius 1 is 1.47 bits per heavy atom. The molecule has 1 saturated carbocycles. The van der Waals surface area contributed by atoms with Crippen molar-refractivity contribution in [3.05, 3.63) is 34.2 Å². The number of carbonyl (C=O) groups excluding carboxylic acids is 1. The van der Waals surface area contributed by atoms with Crippen molar-refractivity contribution in [3.8, 4) is 0 Å². The van der Waals surface area contributed by atoms with Gasteiger partial charge in [0.25, 0.3) is 5.91 Å². The summed E-state index contributed by atoms with van der Waals surface area (Å²) in [5, 5.41) is 2.85. The topological polar surface area (TPSA) is 65.2 Å². The fraction of sp³-hybridized carbons (Fsp3) is 0.571. The van der Waals surface area contributed by atoms with Crippen LogP contribution in [0.2, 0.25) is 0 Å². The summed E-state index contributed by atoms with van der Waals surface area (Å²) in [6, 6.07) is 3.59. The van der Waals surface area contributed by atoms with E-state index in [1.165, 1.54) is 37.9 Å². The lowest BCUT2D eigenvalue weighted by molar-refractivity contribution is 0.0947. The van der Waals surface area contributed by atoms with Gasteiger partial charge in [-0.1, -0.05) is 12.8 Å². The number of aromatic amines is 1. The molecule has 0 radical (unpaired) electrons. The SMILES string of the molecule is CN(CCNC(=O)c1cc[nH]c(=O)c1)C1CCCC1. The Morgan fingerprint density at radius 3 is 2.89 bits per heavy atom. The molecule has 2 N–H and O–H groups in total. The van der Waals surface area contributed by atoms with Gasteiger partial charge in [-0.05, 0) is 26.0 Å². The largest absolute Gasteiger partial charge is 0.351 e. The molecule has 0 bridgehead atoms. The minimum Gasteiger partial charge on any atom is -0.351 e. The smallest absolute Gasteiger partial charge is 0.251 e. The van der Waals surface area contributed by atoms with Gasteiger partial charge >= 0.3 is 0 Å². The minimum absolute atomic E-state index is 0.189. The Morgan fingerprint density at radius 2 is 2.21 bits per heavy atom. The van der Waals surface area contributed by atoms with E-state index in [1.54, 1.807) is 6.07 Å². The third-order valence-electron chi connectivity index (χ3n) is 3.74. The maximum Gasteiger partial charge on any atom is 0.251 e. The molecular formula is C14H21N3O2. The number of pyridine rings is 1. The van der Waals surface area contributed by atoms with Crippen LogP contribution in [0.25, 0.3) is 0 Å². The molecule has 1 aromatic rings. The van der Waals surface area contributed by atoms with Gasteiger partial charge in [-0.25, -0.2) is 0 Å². The quantitative estimate of drug-likeness (QED) is 0.832. The van der Waals surface area contributed by atoms with Crippen LogP contribution >= 0.6 is 0 Å². The average molecular weight is 263 g/mol. The second-order valence-corrected chi connectivity index (χ2v) is 5.12. The molecule has 1 fully saturated rings. The van der Waals surface area contributed by atoms with Crippen LogP contribution in [0.1, 0.15) is 36.0 Å². The summed E-state index contributed by atoms with van der Waals surface area (Å²) in [7, 11) is 2.11. The first-order chi connectivity index (χ1) is 9.16. The predicted molar refractivity (Wildman–Crippen MR) is 74.3 cm³/mol. The minimum atomic E-state index is -0.254. The molecule has 1 amide bonds. The predicted octanol–water partition coefficient (Wildman–Crippen LogP) is 0.979. The van der Waals surface area contributed by atoms with Crippen molar-refractivity contribution in [1.29, 1.82) is 0 Å². The number of likely N-dealkylation sites (N-methyl/N-ethyl adjacent to an activating group) is 1. The van der Waals surface area contributed by atoms with Gasteiger partial charge in [0.1, 0.15) is 0 Å². The van der Waals surface area contributed by atoms with E-state index in [1.807, 2.05) is 0 Å². The highest BCUT2D eigenvalue weighted by atomic mass is 16.2. The highest BCUT2D eigenvalue weighted by Gasteiger charge is 2.19. The normalized spacial score (nSPS) is 15.9. The zero-order chi connectivity index (χ0) is 13.7. The van der Waals surface area contributed by atoms with Gasteiger partial charge < -0.3 is 15.2 Å². The molecule has 1 aliphatic rings. The highest BCUT2D eigenvalue weighted by molar-refractivity contribution is 5.93. The first kappa shape index (κ1) is 13.8. The Labute approximate surface area is 113 Å². The zero-order valence-corrected chi connectivity index (χ0v) is 11.3. The summed E-state index contributed by atoms with van der Waals surface area (Å²) < 4.78 is 0. The van der Waals surface area contributed by atoms with Crippen LogP contribution in [0.3, 0.4) is 0 Å². The Bertz CT molecular complexity index is 478. The van der Waals surface area contributed by atoms with Gasteiger partial charge in [0, 0.05) is 37.0 Å². The van der Waals surface area contributed by atoms with E-state index < -0.39 is 0 Å². The van der Waals surface area contributed by atoms with Gasteiger partial charge in [0.15, 0.2) is 0 Å². The average Bonchev–Trinajstić information content (AvgIpc) is 2.92. The van der Waals surface area contributed by atoms with Gasteiger partial charge in [-0.3, -0.25) is 9.59 Å². The summed E-state index contributed by atoms with van der Waals surface area (Å²) in [4.78, 5) is 27.7. The van der Waals surface area contributed by atoms with E-state index in [-0.39, 0.29) is 11.5 Å². The molecule has 5 nitrogen and oxygen atoms in total. The molecular weight excluding hydrogens is 242 g/mol. The second kappa shape index (κ2) is 6.52.